The van der Waals surface area contributed by atoms with E-state index in [0.717, 1.165) is 12.8 Å². The van der Waals surface area contributed by atoms with Crippen LogP contribution in [0.2, 0.25) is 0 Å². The minimum Gasteiger partial charge on any atom is -0.494 e. The molecule has 0 aliphatic carbocycles. The molecule has 0 bridgehead atoms. The van der Waals surface area contributed by atoms with Gasteiger partial charge in [-0.05, 0) is 44.0 Å². The number of nitrogens with one attached hydrogen (secondary N) is 1. The summed E-state index contributed by atoms with van der Waals surface area (Å²) >= 11 is 0. The van der Waals surface area contributed by atoms with E-state index in [4.69, 9.17) is 4.74 Å². The van der Waals surface area contributed by atoms with Crippen LogP contribution in [0.25, 0.3) is 0 Å². The predicted molar refractivity (Wildman–Crippen MR) is 72.3 cm³/mol. The first-order valence-corrected chi connectivity index (χ1v) is 7.73. The lowest BCUT2D eigenvalue weighted by molar-refractivity contribution is 0.317. The summed E-state index contributed by atoms with van der Waals surface area (Å²) in [6.07, 6.45) is 1.69. The number of rotatable bonds is 7. The van der Waals surface area contributed by atoms with Gasteiger partial charge in [0.2, 0.25) is 10.0 Å². The number of sulfonamides is 1. The Balaban J connectivity index is 2.77. The van der Waals surface area contributed by atoms with Crippen molar-refractivity contribution in [3.63, 3.8) is 0 Å². The Morgan fingerprint density at radius 1 is 1.22 bits per heavy atom. The van der Waals surface area contributed by atoms with Crippen LogP contribution in [0.15, 0.2) is 29.2 Å². The average molecular weight is 271 g/mol. The van der Waals surface area contributed by atoms with E-state index in [1.165, 1.54) is 0 Å². The highest BCUT2D eigenvalue weighted by Crippen LogP contribution is 2.16. The van der Waals surface area contributed by atoms with E-state index in [2.05, 4.69) is 4.72 Å². The van der Waals surface area contributed by atoms with Crippen LogP contribution in [-0.4, -0.2) is 21.1 Å². The first-order valence-electron chi connectivity index (χ1n) is 6.24. The van der Waals surface area contributed by atoms with Crippen molar-refractivity contribution in [1.82, 2.24) is 4.72 Å². The molecule has 0 saturated carbocycles. The number of hydrogen-bond acceptors (Lipinski definition) is 3. The van der Waals surface area contributed by atoms with Crippen LogP contribution in [-0.2, 0) is 10.0 Å². The van der Waals surface area contributed by atoms with Crippen molar-refractivity contribution in [3.8, 4) is 5.75 Å². The third-order valence-corrected chi connectivity index (χ3v) is 4.18. The van der Waals surface area contributed by atoms with E-state index in [-0.39, 0.29) is 10.9 Å². The third kappa shape index (κ3) is 4.31. The Morgan fingerprint density at radius 2 is 1.83 bits per heavy atom. The maximum atomic E-state index is 12.0. The predicted octanol–water partition coefficient (Wildman–Crippen LogP) is 2.55. The highest BCUT2D eigenvalue weighted by atomic mass is 32.2. The summed E-state index contributed by atoms with van der Waals surface area (Å²) in [4.78, 5) is 0.270. The smallest absolute Gasteiger partial charge is 0.240 e. The molecule has 5 heteroatoms. The Morgan fingerprint density at radius 3 is 2.33 bits per heavy atom. The van der Waals surface area contributed by atoms with E-state index in [9.17, 15) is 8.42 Å². The van der Waals surface area contributed by atoms with Gasteiger partial charge in [-0.15, -0.1) is 0 Å². The molecule has 1 atom stereocenters. The molecule has 0 saturated heterocycles. The first-order chi connectivity index (χ1) is 8.49. The lowest BCUT2D eigenvalue weighted by Crippen LogP contribution is -2.31. The fraction of sp³-hybridized carbons (Fsp3) is 0.538. The monoisotopic (exact) mass is 271 g/mol. The van der Waals surface area contributed by atoms with Crippen molar-refractivity contribution in [3.05, 3.63) is 24.3 Å². The van der Waals surface area contributed by atoms with Crippen molar-refractivity contribution in [2.24, 2.45) is 0 Å². The Hall–Kier alpha value is -1.07. The molecule has 0 radical (unpaired) electrons. The molecule has 0 aromatic heterocycles. The van der Waals surface area contributed by atoms with Gasteiger partial charge in [0.15, 0.2) is 0 Å². The molecular formula is C13H21NO3S. The SMILES string of the molecule is CCCOc1ccc(S(=O)(=O)NC(C)CC)cc1. The van der Waals surface area contributed by atoms with Gasteiger partial charge < -0.3 is 4.74 Å². The molecule has 1 aromatic carbocycles. The van der Waals surface area contributed by atoms with Crippen LogP contribution in [0.5, 0.6) is 5.75 Å². The zero-order valence-electron chi connectivity index (χ0n) is 11.1. The second-order valence-corrected chi connectivity index (χ2v) is 5.96. The molecular weight excluding hydrogens is 250 g/mol. The van der Waals surface area contributed by atoms with Gasteiger partial charge in [0.25, 0.3) is 0 Å². The van der Waals surface area contributed by atoms with Gasteiger partial charge in [-0.25, -0.2) is 13.1 Å². The van der Waals surface area contributed by atoms with Crippen LogP contribution in [0.3, 0.4) is 0 Å². The van der Waals surface area contributed by atoms with Crippen molar-refractivity contribution in [1.29, 1.82) is 0 Å². The van der Waals surface area contributed by atoms with Crippen LogP contribution in [0, 0.1) is 0 Å². The molecule has 102 valence electrons. The summed E-state index contributed by atoms with van der Waals surface area (Å²) in [5.74, 6) is 0.694. The maximum Gasteiger partial charge on any atom is 0.240 e. The number of hydrogen-bond donors (Lipinski definition) is 1. The summed E-state index contributed by atoms with van der Waals surface area (Å²) in [7, 11) is -3.41. The minimum atomic E-state index is -3.41. The normalized spacial score (nSPS) is 13.3. The van der Waals surface area contributed by atoms with Gasteiger partial charge in [0.1, 0.15) is 5.75 Å². The molecule has 0 aliphatic rings. The molecule has 0 fully saturated rings. The van der Waals surface area contributed by atoms with Gasteiger partial charge in [-0.1, -0.05) is 13.8 Å². The summed E-state index contributed by atoms with van der Waals surface area (Å²) in [6.45, 7) is 6.44. The second kappa shape index (κ2) is 6.75. The van der Waals surface area contributed by atoms with Gasteiger partial charge in [-0.3, -0.25) is 0 Å². The Labute approximate surface area is 109 Å². The van der Waals surface area contributed by atoms with Crippen molar-refractivity contribution in [2.75, 3.05) is 6.61 Å². The van der Waals surface area contributed by atoms with Crippen LogP contribution in [0.1, 0.15) is 33.6 Å². The highest BCUT2D eigenvalue weighted by molar-refractivity contribution is 7.89. The van der Waals surface area contributed by atoms with Gasteiger partial charge in [0, 0.05) is 6.04 Å². The van der Waals surface area contributed by atoms with Crippen molar-refractivity contribution >= 4 is 10.0 Å². The van der Waals surface area contributed by atoms with Crippen LogP contribution >= 0.6 is 0 Å². The minimum absolute atomic E-state index is 0.0639. The van der Waals surface area contributed by atoms with E-state index in [1.807, 2.05) is 20.8 Å². The maximum absolute atomic E-state index is 12.0. The van der Waals surface area contributed by atoms with E-state index >= 15 is 0 Å². The third-order valence-electron chi connectivity index (χ3n) is 2.58. The first kappa shape index (κ1) is 15.0. The largest absolute Gasteiger partial charge is 0.494 e. The molecule has 0 heterocycles. The van der Waals surface area contributed by atoms with Gasteiger partial charge in [-0.2, -0.15) is 0 Å². The molecule has 1 N–H and O–H groups in total. The van der Waals surface area contributed by atoms with Gasteiger partial charge >= 0.3 is 0 Å². The quantitative estimate of drug-likeness (QED) is 0.829. The standard InChI is InChI=1S/C13H21NO3S/c1-4-10-17-12-6-8-13(9-7-12)18(15,16)14-11(3)5-2/h6-9,11,14H,4-5,10H2,1-3H3. The molecule has 1 rings (SSSR count). The second-order valence-electron chi connectivity index (χ2n) is 4.25. The van der Waals surface area contributed by atoms with Crippen molar-refractivity contribution < 1.29 is 13.2 Å². The summed E-state index contributed by atoms with van der Waals surface area (Å²) in [6, 6.07) is 6.43. The fourth-order valence-corrected chi connectivity index (χ4v) is 2.68. The zero-order valence-corrected chi connectivity index (χ0v) is 12.0. The highest BCUT2D eigenvalue weighted by Gasteiger charge is 2.16. The van der Waals surface area contributed by atoms with Crippen LogP contribution < -0.4 is 9.46 Å². The zero-order chi connectivity index (χ0) is 13.6. The number of benzene rings is 1. The summed E-state index contributed by atoms with van der Waals surface area (Å²) in [5.41, 5.74) is 0. The Bertz CT molecular complexity index is 454. The molecule has 1 aromatic rings. The molecule has 1 unspecified atom stereocenters. The number of ether oxygens (including phenoxy) is 1. The lowest BCUT2D eigenvalue weighted by Gasteiger charge is -2.12. The molecule has 0 aliphatic heterocycles. The molecule has 18 heavy (non-hydrogen) atoms. The van der Waals surface area contributed by atoms with E-state index < -0.39 is 10.0 Å². The van der Waals surface area contributed by atoms with Crippen molar-refractivity contribution in [2.45, 2.75) is 44.6 Å². The average Bonchev–Trinajstić information content (AvgIpc) is 2.36. The molecule has 0 spiro atoms. The lowest BCUT2D eigenvalue weighted by atomic mass is 10.3. The van der Waals surface area contributed by atoms with E-state index in [0.29, 0.717) is 12.4 Å². The van der Waals surface area contributed by atoms with Gasteiger partial charge in [0.05, 0.1) is 11.5 Å². The summed E-state index contributed by atoms with van der Waals surface area (Å²) < 4.78 is 32.0. The topological polar surface area (TPSA) is 55.4 Å². The molecule has 0 amide bonds. The Kier molecular flexibility index (Phi) is 5.62. The van der Waals surface area contributed by atoms with Crippen LogP contribution in [0.4, 0.5) is 0 Å². The fourth-order valence-electron chi connectivity index (χ4n) is 1.35. The molecule has 4 nitrogen and oxygen atoms in total. The summed E-state index contributed by atoms with van der Waals surface area (Å²) in [5, 5.41) is 0. The van der Waals surface area contributed by atoms with E-state index in [1.54, 1.807) is 24.3 Å².